The number of halogens is 2. The SMILES string of the molecule is CNCCCC(=O)N1CCN(C(C)C)CC1.Cl.Cl. The third kappa shape index (κ3) is 6.78. The molecule has 0 aromatic carbocycles. The average Bonchev–Trinajstić information content (AvgIpc) is 2.29. The van der Waals surface area contributed by atoms with E-state index >= 15 is 0 Å². The molecule has 110 valence electrons. The van der Waals surface area contributed by atoms with Gasteiger partial charge < -0.3 is 10.2 Å². The van der Waals surface area contributed by atoms with Gasteiger partial charge in [0, 0.05) is 38.6 Å². The second kappa shape index (κ2) is 10.9. The number of hydrogen-bond acceptors (Lipinski definition) is 3. The zero-order valence-electron chi connectivity index (χ0n) is 11.6. The number of amides is 1. The number of rotatable bonds is 5. The van der Waals surface area contributed by atoms with Crippen LogP contribution in [0, 0.1) is 0 Å². The van der Waals surface area contributed by atoms with Crippen LogP contribution in [0.3, 0.4) is 0 Å². The molecule has 1 amide bonds. The summed E-state index contributed by atoms with van der Waals surface area (Å²) in [6, 6.07) is 0.599. The Hall–Kier alpha value is -0.0300. The van der Waals surface area contributed by atoms with Gasteiger partial charge in [0.2, 0.25) is 5.91 Å². The van der Waals surface area contributed by atoms with E-state index in [-0.39, 0.29) is 24.8 Å². The van der Waals surface area contributed by atoms with Crippen molar-refractivity contribution in [2.45, 2.75) is 32.7 Å². The van der Waals surface area contributed by atoms with Gasteiger partial charge >= 0.3 is 0 Å². The van der Waals surface area contributed by atoms with Crippen molar-refractivity contribution in [2.24, 2.45) is 0 Å². The average molecular weight is 300 g/mol. The van der Waals surface area contributed by atoms with Crippen LogP contribution in [0.25, 0.3) is 0 Å². The fraction of sp³-hybridized carbons (Fsp3) is 0.917. The van der Waals surface area contributed by atoms with E-state index in [1.807, 2.05) is 11.9 Å². The lowest BCUT2D eigenvalue weighted by Crippen LogP contribution is -2.50. The summed E-state index contributed by atoms with van der Waals surface area (Å²) >= 11 is 0. The highest BCUT2D eigenvalue weighted by molar-refractivity contribution is 5.85. The minimum absolute atomic E-state index is 0. The summed E-state index contributed by atoms with van der Waals surface area (Å²) in [5.74, 6) is 0.318. The lowest BCUT2D eigenvalue weighted by molar-refractivity contribution is -0.133. The van der Waals surface area contributed by atoms with Crippen molar-refractivity contribution in [3.63, 3.8) is 0 Å². The van der Waals surface area contributed by atoms with E-state index < -0.39 is 0 Å². The Balaban J connectivity index is 0. The second-order valence-corrected chi connectivity index (χ2v) is 4.72. The van der Waals surface area contributed by atoms with Crippen molar-refractivity contribution in [2.75, 3.05) is 39.8 Å². The van der Waals surface area contributed by atoms with Crippen molar-refractivity contribution in [1.29, 1.82) is 0 Å². The van der Waals surface area contributed by atoms with Crippen LogP contribution in [0.5, 0.6) is 0 Å². The second-order valence-electron chi connectivity index (χ2n) is 4.72. The van der Waals surface area contributed by atoms with Crippen LogP contribution in [-0.4, -0.2) is 61.5 Å². The fourth-order valence-electron chi connectivity index (χ4n) is 2.06. The van der Waals surface area contributed by atoms with Gasteiger partial charge in [0.1, 0.15) is 0 Å². The number of hydrogen-bond donors (Lipinski definition) is 1. The highest BCUT2D eigenvalue weighted by atomic mass is 35.5. The van der Waals surface area contributed by atoms with E-state index in [0.717, 1.165) is 39.1 Å². The summed E-state index contributed by atoms with van der Waals surface area (Å²) in [5, 5.41) is 3.07. The summed E-state index contributed by atoms with van der Waals surface area (Å²) in [7, 11) is 1.92. The van der Waals surface area contributed by atoms with Gasteiger partial charge in [0.05, 0.1) is 0 Å². The van der Waals surface area contributed by atoms with Crippen LogP contribution in [0.2, 0.25) is 0 Å². The highest BCUT2D eigenvalue weighted by Gasteiger charge is 2.21. The van der Waals surface area contributed by atoms with Crippen molar-refractivity contribution in [3.05, 3.63) is 0 Å². The van der Waals surface area contributed by atoms with Gasteiger partial charge in [-0.15, -0.1) is 24.8 Å². The van der Waals surface area contributed by atoms with Gasteiger partial charge in [0.25, 0.3) is 0 Å². The topological polar surface area (TPSA) is 35.6 Å². The lowest BCUT2D eigenvalue weighted by atomic mass is 10.2. The maximum atomic E-state index is 11.8. The molecule has 0 unspecified atom stereocenters. The monoisotopic (exact) mass is 299 g/mol. The summed E-state index contributed by atoms with van der Waals surface area (Å²) in [6.45, 7) is 9.20. The van der Waals surface area contributed by atoms with Crippen LogP contribution in [0.1, 0.15) is 26.7 Å². The van der Waals surface area contributed by atoms with Crippen molar-refractivity contribution in [1.82, 2.24) is 15.1 Å². The smallest absolute Gasteiger partial charge is 0.222 e. The minimum atomic E-state index is 0. The molecule has 6 heteroatoms. The first kappa shape index (κ1) is 20.3. The minimum Gasteiger partial charge on any atom is -0.340 e. The van der Waals surface area contributed by atoms with Crippen LogP contribution < -0.4 is 5.32 Å². The molecule has 1 aliphatic heterocycles. The number of nitrogens with zero attached hydrogens (tertiary/aromatic N) is 2. The van der Waals surface area contributed by atoms with Gasteiger partial charge in [-0.2, -0.15) is 0 Å². The van der Waals surface area contributed by atoms with Crippen molar-refractivity contribution < 1.29 is 4.79 Å². The van der Waals surface area contributed by atoms with E-state index in [9.17, 15) is 4.79 Å². The van der Waals surface area contributed by atoms with E-state index in [2.05, 4.69) is 24.1 Å². The molecule has 4 nitrogen and oxygen atoms in total. The predicted octanol–water partition coefficient (Wildman–Crippen LogP) is 1.38. The molecule has 1 fully saturated rings. The number of carbonyl (C=O) groups is 1. The molecule has 1 N–H and O–H groups in total. The zero-order valence-corrected chi connectivity index (χ0v) is 13.3. The van der Waals surface area contributed by atoms with Gasteiger partial charge in [-0.1, -0.05) is 0 Å². The fourth-order valence-corrected chi connectivity index (χ4v) is 2.06. The Morgan fingerprint density at radius 1 is 1.17 bits per heavy atom. The molecule has 1 aliphatic rings. The maximum absolute atomic E-state index is 11.8. The Kier molecular flexibility index (Phi) is 12.2. The normalized spacial score (nSPS) is 16.1. The molecule has 0 atom stereocenters. The molecule has 0 bridgehead atoms. The van der Waals surface area contributed by atoms with Crippen LogP contribution in [0.15, 0.2) is 0 Å². The standard InChI is InChI=1S/C12H25N3O.2ClH/c1-11(2)14-7-9-15(10-8-14)12(16)5-4-6-13-3;;/h11,13H,4-10H2,1-3H3;2*1H. The number of carbonyl (C=O) groups excluding carboxylic acids is 1. The first-order valence-corrected chi connectivity index (χ1v) is 6.31. The summed E-state index contributed by atoms with van der Waals surface area (Å²) in [6.07, 6.45) is 1.63. The zero-order chi connectivity index (χ0) is 12.0. The summed E-state index contributed by atoms with van der Waals surface area (Å²) < 4.78 is 0. The first-order chi connectivity index (χ1) is 7.65. The first-order valence-electron chi connectivity index (χ1n) is 6.31. The van der Waals surface area contributed by atoms with E-state index in [1.54, 1.807) is 0 Å². The highest BCUT2D eigenvalue weighted by Crippen LogP contribution is 2.07. The molecular formula is C12H27Cl2N3O. The molecule has 0 aromatic rings. The Morgan fingerprint density at radius 2 is 1.72 bits per heavy atom. The number of nitrogens with one attached hydrogen (secondary N) is 1. The number of piperazine rings is 1. The summed E-state index contributed by atoms with van der Waals surface area (Å²) in [4.78, 5) is 16.3. The van der Waals surface area contributed by atoms with Crippen LogP contribution >= 0.6 is 24.8 Å². The molecule has 1 rings (SSSR count). The third-order valence-electron chi connectivity index (χ3n) is 3.21. The van der Waals surface area contributed by atoms with Crippen molar-refractivity contribution in [3.8, 4) is 0 Å². The molecule has 0 radical (unpaired) electrons. The van der Waals surface area contributed by atoms with Gasteiger partial charge in [-0.05, 0) is 33.9 Å². The van der Waals surface area contributed by atoms with Crippen LogP contribution in [-0.2, 0) is 4.79 Å². The van der Waals surface area contributed by atoms with E-state index in [4.69, 9.17) is 0 Å². The van der Waals surface area contributed by atoms with E-state index in [1.165, 1.54) is 0 Å². The molecule has 0 spiro atoms. The quantitative estimate of drug-likeness (QED) is 0.779. The molecular weight excluding hydrogens is 273 g/mol. The maximum Gasteiger partial charge on any atom is 0.222 e. The van der Waals surface area contributed by atoms with E-state index in [0.29, 0.717) is 18.4 Å². The molecule has 1 saturated heterocycles. The van der Waals surface area contributed by atoms with Crippen molar-refractivity contribution >= 4 is 30.7 Å². The van der Waals surface area contributed by atoms with Gasteiger partial charge in [-0.3, -0.25) is 9.69 Å². The molecule has 1 heterocycles. The van der Waals surface area contributed by atoms with Crippen LogP contribution in [0.4, 0.5) is 0 Å². The Labute approximate surface area is 123 Å². The molecule has 0 saturated carbocycles. The molecule has 0 aliphatic carbocycles. The molecule has 0 aromatic heterocycles. The summed E-state index contributed by atoms with van der Waals surface area (Å²) in [5.41, 5.74) is 0. The Morgan fingerprint density at radius 3 is 2.17 bits per heavy atom. The molecule has 18 heavy (non-hydrogen) atoms. The van der Waals surface area contributed by atoms with Gasteiger partial charge in [-0.25, -0.2) is 0 Å². The Bertz CT molecular complexity index is 219. The largest absolute Gasteiger partial charge is 0.340 e. The predicted molar refractivity (Wildman–Crippen MR) is 80.9 cm³/mol. The third-order valence-corrected chi connectivity index (χ3v) is 3.21. The van der Waals surface area contributed by atoms with Gasteiger partial charge in [0.15, 0.2) is 0 Å². The lowest BCUT2D eigenvalue weighted by Gasteiger charge is -2.37.